The Morgan fingerprint density at radius 2 is 1.55 bits per heavy atom. The first-order valence-corrected chi connectivity index (χ1v) is 7.70. The van der Waals surface area contributed by atoms with Gasteiger partial charge in [-0.1, -0.05) is 65.3 Å². The van der Waals surface area contributed by atoms with Crippen molar-refractivity contribution in [3.05, 3.63) is 35.4 Å². The molecule has 0 amide bonds. The van der Waals surface area contributed by atoms with Gasteiger partial charge >= 0.3 is 0 Å². The van der Waals surface area contributed by atoms with Crippen LogP contribution in [0.25, 0.3) is 0 Å². The van der Waals surface area contributed by atoms with Gasteiger partial charge in [0.15, 0.2) is 6.29 Å². The molecule has 2 N–H and O–H groups in total. The van der Waals surface area contributed by atoms with E-state index in [9.17, 15) is 10.2 Å². The van der Waals surface area contributed by atoms with Crippen LogP contribution in [-0.4, -0.2) is 10.2 Å². The maximum absolute atomic E-state index is 9.19. The van der Waals surface area contributed by atoms with Crippen molar-refractivity contribution in [2.45, 2.75) is 72.0 Å². The summed E-state index contributed by atoms with van der Waals surface area (Å²) in [5, 5.41) is 18.4. The second-order valence-electron chi connectivity index (χ2n) is 7.00. The molecule has 1 unspecified atom stereocenters. The molecule has 0 aliphatic carbocycles. The molecule has 2 nitrogen and oxygen atoms in total. The Balaban J connectivity index is 2.98. The smallest absolute Gasteiger partial charge is 0.178 e. The quantitative estimate of drug-likeness (QED) is 0.718. The van der Waals surface area contributed by atoms with Gasteiger partial charge in [0.25, 0.3) is 0 Å². The first-order chi connectivity index (χ1) is 9.24. The normalized spacial score (nSPS) is 15.4. The van der Waals surface area contributed by atoms with Crippen LogP contribution in [0.5, 0.6) is 0 Å². The van der Waals surface area contributed by atoms with Gasteiger partial charge in [-0.2, -0.15) is 0 Å². The van der Waals surface area contributed by atoms with E-state index in [0.717, 1.165) is 12.8 Å². The molecule has 0 aliphatic heterocycles. The summed E-state index contributed by atoms with van der Waals surface area (Å²) >= 11 is 0. The molecule has 0 fully saturated rings. The lowest BCUT2D eigenvalue weighted by molar-refractivity contribution is -0.0425. The molecule has 20 heavy (non-hydrogen) atoms. The molecule has 1 atom stereocenters. The number of benzene rings is 1. The average molecular weight is 278 g/mol. The standard InChI is InChI=1S/C18H30O2/c1-6-12-17(3,4)13-18(5,7-2)15-10-8-14(9-11-15)16(19)20/h8-11,16,19-20H,6-7,12-13H2,1-5H3. The highest BCUT2D eigenvalue weighted by Gasteiger charge is 2.32. The van der Waals surface area contributed by atoms with Crippen LogP contribution < -0.4 is 0 Å². The van der Waals surface area contributed by atoms with E-state index in [1.807, 2.05) is 24.3 Å². The van der Waals surface area contributed by atoms with Gasteiger partial charge in [0, 0.05) is 5.56 Å². The highest BCUT2D eigenvalue weighted by atomic mass is 16.5. The third kappa shape index (κ3) is 4.32. The minimum atomic E-state index is -1.38. The summed E-state index contributed by atoms with van der Waals surface area (Å²) in [5.41, 5.74) is 2.31. The molecule has 1 aromatic carbocycles. The zero-order chi connectivity index (χ0) is 15.4. The van der Waals surface area contributed by atoms with Crippen molar-refractivity contribution in [1.29, 1.82) is 0 Å². The van der Waals surface area contributed by atoms with Crippen LogP contribution in [0.15, 0.2) is 24.3 Å². The summed E-state index contributed by atoms with van der Waals surface area (Å²) in [7, 11) is 0. The number of hydrogen-bond acceptors (Lipinski definition) is 2. The Morgan fingerprint density at radius 1 is 1.00 bits per heavy atom. The van der Waals surface area contributed by atoms with E-state index in [-0.39, 0.29) is 5.41 Å². The predicted molar refractivity (Wildman–Crippen MR) is 84.6 cm³/mol. The SMILES string of the molecule is CCCC(C)(C)CC(C)(CC)c1ccc(C(O)O)cc1. The molecule has 0 bridgehead atoms. The van der Waals surface area contributed by atoms with E-state index >= 15 is 0 Å². The molecule has 0 saturated carbocycles. The van der Waals surface area contributed by atoms with Crippen molar-refractivity contribution in [3.63, 3.8) is 0 Å². The fraction of sp³-hybridized carbons (Fsp3) is 0.667. The molecular formula is C18H30O2. The van der Waals surface area contributed by atoms with Gasteiger partial charge in [-0.3, -0.25) is 0 Å². The number of rotatable bonds is 7. The third-order valence-electron chi connectivity index (χ3n) is 4.48. The van der Waals surface area contributed by atoms with Gasteiger partial charge in [0.05, 0.1) is 0 Å². The summed E-state index contributed by atoms with van der Waals surface area (Å²) in [6.45, 7) is 11.5. The van der Waals surface area contributed by atoms with E-state index in [2.05, 4.69) is 34.6 Å². The Kier molecular flexibility index (Phi) is 5.79. The number of aliphatic hydroxyl groups is 2. The highest BCUT2D eigenvalue weighted by molar-refractivity contribution is 5.29. The molecule has 0 saturated heterocycles. The van der Waals surface area contributed by atoms with Crippen LogP contribution in [-0.2, 0) is 5.41 Å². The summed E-state index contributed by atoms with van der Waals surface area (Å²) in [6.07, 6.45) is 3.29. The average Bonchev–Trinajstić information content (AvgIpc) is 2.38. The topological polar surface area (TPSA) is 40.5 Å². The molecule has 0 aromatic heterocycles. The van der Waals surface area contributed by atoms with Crippen molar-refractivity contribution in [3.8, 4) is 0 Å². The number of hydrogen-bond donors (Lipinski definition) is 2. The van der Waals surface area contributed by atoms with Crippen LogP contribution in [0.4, 0.5) is 0 Å². The maximum Gasteiger partial charge on any atom is 0.178 e. The third-order valence-corrected chi connectivity index (χ3v) is 4.48. The molecule has 0 aliphatic rings. The van der Waals surface area contributed by atoms with Crippen LogP contribution in [0.1, 0.15) is 77.7 Å². The second kappa shape index (κ2) is 6.73. The van der Waals surface area contributed by atoms with Crippen molar-refractivity contribution in [2.24, 2.45) is 5.41 Å². The predicted octanol–water partition coefficient (Wildman–Crippen LogP) is 4.55. The van der Waals surface area contributed by atoms with Gasteiger partial charge in [-0.25, -0.2) is 0 Å². The van der Waals surface area contributed by atoms with E-state index in [1.165, 1.54) is 18.4 Å². The van der Waals surface area contributed by atoms with Gasteiger partial charge in [-0.05, 0) is 35.7 Å². The largest absolute Gasteiger partial charge is 0.364 e. The van der Waals surface area contributed by atoms with Gasteiger partial charge < -0.3 is 10.2 Å². The van der Waals surface area contributed by atoms with E-state index in [4.69, 9.17) is 0 Å². The highest BCUT2D eigenvalue weighted by Crippen LogP contribution is 2.41. The van der Waals surface area contributed by atoms with Gasteiger partial charge in [0.1, 0.15) is 0 Å². The Morgan fingerprint density at radius 3 is 1.95 bits per heavy atom. The van der Waals surface area contributed by atoms with E-state index < -0.39 is 6.29 Å². The first kappa shape index (κ1) is 17.2. The van der Waals surface area contributed by atoms with Gasteiger partial charge in [0.2, 0.25) is 0 Å². The summed E-state index contributed by atoms with van der Waals surface area (Å²) in [6, 6.07) is 7.72. The molecule has 1 rings (SSSR count). The molecule has 2 heteroatoms. The van der Waals surface area contributed by atoms with Gasteiger partial charge in [-0.15, -0.1) is 0 Å². The Bertz CT molecular complexity index is 406. The Labute approximate surface area is 123 Å². The molecule has 114 valence electrons. The first-order valence-electron chi connectivity index (χ1n) is 7.70. The molecule has 0 spiro atoms. The summed E-state index contributed by atoms with van der Waals surface area (Å²) < 4.78 is 0. The molecular weight excluding hydrogens is 248 g/mol. The van der Waals surface area contributed by atoms with E-state index in [0.29, 0.717) is 11.0 Å². The van der Waals surface area contributed by atoms with Crippen molar-refractivity contribution < 1.29 is 10.2 Å². The lowest BCUT2D eigenvalue weighted by Crippen LogP contribution is -2.29. The van der Waals surface area contributed by atoms with Crippen molar-refractivity contribution in [1.82, 2.24) is 0 Å². The Hall–Kier alpha value is -0.860. The van der Waals surface area contributed by atoms with Crippen LogP contribution in [0.3, 0.4) is 0 Å². The zero-order valence-corrected chi connectivity index (χ0v) is 13.6. The zero-order valence-electron chi connectivity index (χ0n) is 13.6. The van der Waals surface area contributed by atoms with Crippen molar-refractivity contribution in [2.75, 3.05) is 0 Å². The minimum absolute atomic E-state index is 0.137. The molecule has 1 aromatic rings. The minimum Gasteiger partial charge on any atom is -0.364 e. The maximum atomic E-state index is 9.19. The summed E-state index contributed by atoms with van der Waals surface area (Å²) in [5.74, 6) is 0. The molecule has 0 radical (unpaired) electrons. The van der Waals surface area contributed by atoms with Crippen molar-refractivity contribution >= 4 is 0 Å². The molecule has 0 heterocycles. The lowest BCUT2D eigenvalue weighted by Gasteiger charge is -2.37. The number of aliphatic hydroxyl groups excluding tert-OH is 1. The van der Waals surface area contributed by atoms with Crippen LogP contribution in [0, 0.1) is 5.41 Å². The monoisotopic (exact) mass is 278 g/mol. The van der Waals surface area contributed by atoms with E-state index in [1.54, 1.807) is 0 Å². The summed E-state index contributed by atoms with van der Waals surface area (Å²) in [4.78, 5) is 0. The fourth-order valence-corrected chi connectivity index (χ4v) is 3.31. The lowest BCUT2D eigenvalue weighted by atomic mass is 9.67. The fourth-order valence-electron chi connectivity index (χ4n) is 3.31. The second-order valence-corrected chi connectivity index (χ2v) is 7.00. The van der Waals surface area contributed by atoms with Crippen LogP contribution in [0.2, 0.25) is 0 Å². The van der Waals surface area contributed by atoms with Crippen LogP contribution >= 0.6 is 0 Å².